The van der Waals surface area contributed by atoms with Crippen LogP contribution in [0.5, 0.6) is 0 Å². The van der Waals surface area contributed by atoms with Gasteiger partial charge in [-0.05, 0) is 32.9 Å². The Morgan fingerprint density at radius 3 is 2.44 bits per heavy atom. The topological polar surface area (TPSA) is 59.4 Å². The number of nitrogens with zero attached hydrogens (tertiary/aromatic N) is 2. The van der Waals surface area contributed by atoms with E-state index in [-0.39, 0.29) is 0 Å². The molecular formula is C10H13FN2O2S. The zero-order valence-corrected chi connectivity index (χ0v) is 10.1. The maximum absolute atomic E-state index is 12.5. The number of aromatic nitrogens is 1. The van der Waals surface area contributed by atoms with Crippen LogP contribution >= 0.6 is 0 Å². The van der Waals surface area contributed by atoms with E-state index < -0.39 is 20.7 Å². The Morgan fingerprint density at radius 1 is 1.38 bits per heavy atom. The van der Waals surface area contributed by atoms with Gasteiger partial charge in [-0.25, -0.2) is 13.4 Å². The molecule has 1 heterocycles. The molecule has 1 aromatic rings. The van der Waals surface area contributed by atoms with Gasteiger partial charge in [-0.15, -0.1) is 0 Å². The van der Waals surface area contributed by atoms with Gasteiger partial charge in [0.2, 0.25) is 5.95 Å². The number of rotatable bonds is 2. The Kier molecular flexibility index (Phi) is 3.42. The largest absolute Gasteiger partial charge is 0.258 e. The minimum atomic E-state index is -3.56. The van der Waals surface area contributed by atoms with Crippen molar-refractivity contribution in [3.05, 3.63) is 29.8 Å². The minimum absolute atomic E-state index is 0.439. The van der Waals surface area contributed by atoms with E-state index in [1.165, 1.54) is 12.3 Å². The predicted molar refractivity (Wildman–Crippen MR) is 60.5 cm³/mol. The third kappa shape index (κ3) is 3.10. The highest BCUT2D eigenvalue weighted by Gasteiger charge is 2.27. The first-order valence-corrected chi connectivity index (χ1v) is 6.08. The second-order valence-corrected chi connectivity index (χ2v) is 6.62. The second-order valence-electron chi connectivity index (χ2n) is 4.24. The van der Waals surface area contributed by atoms with Crippen molar-refractivity contribution < 1.29 is 12.8 Å². The molecule has 4 nitrogen and oxygen atoms in total. The van der Waals surface area contributed by atoms with Crippen molar-refractivity contribution in [3.63, 3.8) is 0 Å². The van der Waals surface area contributed by atoms with Crippen LogP contribution in [-0.4, -0.2) is 24.4 Å². The second kappa shape index (κ2) is 4.29. The molecule has 1 rings (SSSR count). The number of halogens is 1. The van der Waals surface area contributed by atoms with Crippen LogP contribution in [0.1, 0.15) is 26.3 Å². The first-order chi connectivity index (χ1) is 7.22. The molecule has 1 aromatic heterocycles. The van der Waals surface area contributed by atoms with Crippen molar-refractivity contribution in [2.75, 3.05) is 0 Å². The maximum Gasteiger partial charge on any atom is 0.258 e. The van der Waals surface area contributed by atoms with Crippen LogP contribution in [0.3, 0.4) is 0 Å². The van der Waals surface area contributed by atoms with Gasteiger partial charge in [0.05, 0.1) is 4.75 Å². The van der Waals surface area contributed by atoms with Crippen LogP contribution in [0.15, 0.2) is 22.7 Å². The monoisotopic (exact) mass is 244 g/mol. The Bertz CT molecular complexity index is 487. The number of hydrogen-bond donors (Lipinski definition) is 0. The van der Waals surface area contributed by atoms with Crippen molar-refractivity contribution in [3.8, 4) is 0 Å². The van der Waals surface area contributed by atoms with E-state index >= 15 is 0 Å². The van der Waals surface area contributed by atoms with Gasteiger partial charge in [-0.1, -0.05) is 0 Å². The fourth-order valence-corrected chi connectivity index (χ4v) is 1.33. The Balaban J connectivity index is 2.94. The van der Waals surface area contributed by atoms with Crippen LogP contribution in [0.25, 0.3) is 0 Å². The van der Waals surface area contributed by atoms with E-state index in [1.54, 1.807) is 20.8 Å². The van der Waals surface area contributed by atoms with Gasteiger partial charge >= 0.3 is 0 Å². The fourth-order valence-electron chi connectivity index (χ4n) is 0.752. The van der Waals surface area contributed by atoms with E-state index in [9.17, 15) is 12.8 Å². The average molecular weight is 244 g/mol. The van der Waals surface area contributed by atoms with E-state index in [4.69, 9.17) is 0 Å². The first kappa shape index (κ1) is 12.8. The summed E-state index contributed by atoms with van der Waals surface area (Å²) in [6, 6.07) is 2.55. The molecule has 88 valence electrons. The van der Waals surface area contributed by atoms with E-state index in [1.807, 2.05) is 0 Å². The molecule has 0 saturated heterocycles. The smallest absolute Gasteiger partial charge is 0.228 e. The van der Waals surface area contributed by atoms with Crippen LogP contribution in [0.2, 0.25) is 0 Å². The molecule has 0 spiro atoms. The molecular weight excluding hydrogens is 231 g/mol. The zero-order valence-electron chi connectivity index (χ0n) is 9.31. The van der Waals surface area contributed by atoms with E-state index in [0.717, 1.165) is 12.3 Å². The Morgan fingerprint density at radius 2 is 2.00 bits per heavy atom. The summed E-state index contributed by atoms with van der Waals surface area (Å²) in [5, 5.41) is 0. The van der Waals surface area contributed by atoms with Gasteiger partial charge in [0, 0.05) is 18.0 Å². The van der Waals surface area contributed by atoms with Crippen molar-refractivity contribution in [2.24, 2.45) is 4.40 Å². The molecule has 0 aliphatic rings. The van der Waals surface area contributed by atoms with E-state index in [0.29, 0.717) is 5.56 Å². The molecule has 0 unspecified atom stereocenters. The Hall–Kier alpha value is -1.30. The zero-order chi connectivity index (χ0) is 12.4. The lowest BCUT2D eigenvalue weighted by atomic mass is 10.3. The number of hydrogen-bond acceptors (Lipinski definition) is 3. The third-order valence-electron chi connectivity index (χ3n) is 1.86. The van der Waals surface area contributed by atoms with Gasteiger partial charge in [0.15, 0.2) is 0 Å². The lowest BCUT2D eigenvalue weighted by Gasteiger charge is -2.14. The van der Waals surface area contributed by atoms with Crippen LogP contribution in [0, 0.1) is 5.95 Å². The van der Waals surface area contributed by atoms with Crippen LogP contribution < -0.4 is 0 Å². The molecule has 0 radical (unpaired) electrons. The number of sulfonamides is 1. The summed E-state index contributed by atoms with van der Waals surface area (Å²) in [6.07, 6.45) is 2.38. The highest BCUT2D eigenvalue weighted by molar-refractivity contribution is 7.91. The van der Waals surface area contributed by atoms with Gasteiger partial charge < -0.3 is 0 Å². The SMILES string of the molecule is CC(C)(C)S(=O)(=O)/N=C/c1ccc(F)nc1. The highest BCUT2D eigenvalue weighted by Crippen LogP contribution is 2.16. The molecule has 0 N–H and O–H groups in total. The Labute approximate surface area is 94.3 Å². The van der Waals surface area contributed by atoms with Gasteiger partial charge in [0.25, 0.3) is 10.0 Å². The normalized spacial score (nSPS) is 13.2. The molecule has 0 atom stereocenters. The minimum Gasteiger partial charge on any atom is -0.228 e. The van der Waals surface area contributed by atoms with Crippen molar-refractivity contribution >= 4 is 16.2 Å². The van der Waals surface area contributed by atoms with Gasteiger partial charge in [-0.2, -0.15) is 8.79 Å². The summed E-state index contributed by atoms with van der Waals surface area (Å²) in [5.41, 5.74) is 0.439. The number of pyridine rings is 1. The molecule has 0 fully saturated rings. The summed E-state index contributed by atoms with van der Waals surface area (Å²) in [5.74, 6) is -0.615. The summed E-state index contributed by atoms with van der Waals surface area (Å²) < 4.78 is 38.2. The standard InChI is InChI=1S/C10H13FN2O2S/c1-10(2,3)16(14,15)13-7-8-4-5-9(11)12-6-8/h4-7H,1-3H3/b13-7+. The lowest BCUT2D eigenvalue weighted by molar-refractivity contribution is 0.562. The summed E-state index contributed by atoms with van der Waals surface area (Å²) in [6.45, 7) is 4.67. The van der Waals surface area contributed by atoms with Crippen molar-refractivity contribution in [1.82, 2.24) is 4.98 Å². The van der Waals surface area contributed by atoms with Gasteiger partial charge in [0.1, 0.15) is 0 Å². The molecule has 0 aliphatic carbocycles. The molecule has 0 amide bonds. The summed E-state index contributed by atoms with van der Waals surface area (Å²) >= 11 is 0. The highest BCUT2D eigenvalue weighted by atomic mass is 32.2. The third-order valence-corrected chi connectivity index (χ3v) is 3.80. The quantitative estimate of drug-likeness (QED) is 0.588. The molecule has 16 heavy (non-hydrogen) atoms. The molecule has 0 bridgehead atoms. The average Bonchev–Trinajstić information content (AvgIpc) is 2.15. The van der Waals surface area contributed by atoms with Crippen molar-refractivity contribution in [2.45, 2.75) is 25.5 Å². The molecule has 0 aromatic carbocycles. The van der Waals surface area contributed by atoms with Crippen LogP contribution in [0.4, 0.5) is 4.39 Å². The molecule has 6 heteroatoms. The lowest BCUT2D eigenvalue weighted by Crippen LogP contribution is -2.25. The summed E-state index contributed by atoms with van der Waals surface area (Å²) in [7, 11) is -3.56. The molecule has 0 aliphatic heterocycles. The predicted octanol–water partition coefficient (Wildman–Crippen LogP) is 1.77. The molecule has 0 saturated carbocycles. The van der Waals surface area contributed by atoms with Crippen molar-refractivity contribution in [1.29, 1.82) is 0 Å². The van der Waals surface area contributed by atoms with Crippen LogP contribution in [-0.2, 0) is 10.0 Å². The summed E-state index contributed by atoms with van der Waals surface area (Å²) in [4.78, 5) is 3.39. The first-order valence-electron chi connectivity index (χ1n) is 4.64. The van der Waals surface area contributed by atoms with Gasteiger partial charge in [-0.3, -0.25) is 0 Å². The maximum atomic E-state index is 12.5. The van der Waals surface area contributed by atoms with E-state index in [2.05, 4.69) is 9.38 Å². The fraction of sp³-hybridized carbons (Fsp3) is 0.400.